The highest BCUT2D eigenvalue weighted by molar-refractivity contribution is 6.45. The molecule has 0 amide bonds. The van der Waals surface area contributed by atoms with E-state index >= 15 is 0 Å². The number of carbonyl (C=O) groups is 7. The summed E-state index contributed by atoms with van der Waals surface area (Å²) in [4.78, 5) is 107. The monoisotopic (exact) mass is 2210 g/mol. The zero-order valence-corrected chi connectivity index (χ0v) is 86.2. The Labute approximate surface area is 893 Å². The molecule has 11 heterocycles. The van der Waals surface area contributed by atoms with E-state index < -0.39 is 52.8 Å². The summed E-state index contributed by atoms with van der Waals surface area (Å²) in [6, 6.07) is 46.6. The Hall–Kier alpha value is -13.8. The van der Waals surface area contributed by atoms with E-state index in [1.807, 2.05) is 12.1 Å². The first kappa shape index (κ1) is 106. The maximum Gasteiger partial charge on any atom is 0.342 e. The zero-order valence-electron chi connectivity index (χ0n) is 75.7. The van der Waals surface area contributed by atoms with E-state index in [4.69, 9.17) is 195 Å². The number of fused-ring (bicyclic) bond motifs is 3. The maximum atomic E-state index is 14.3. The van der Waals surface area contributed by atoms with Crippen molar-refractivity contribution in [1.82, 2.24) is 54.3 Å². The highest BCUT2D eigenvalue weighted by Gasteiger charge is 2.36. The third-order valence-corrected chi connectivity index (χ3v) is 24.8. The van der Waals surface area contributed by atoms with Gasteiger partial charge in [-0.15, -0.1) is 0 Å². The van der Waals surface area contributed by atoms with Crippen LogP contribution in [0.1, 0.15) is 111 Å². The van der Waals surface area contributed by atoms with E-state index in [1.165, 1.54) is 98.9 Å². The van der Waals surface area contributed by atoms with Gasteiger partial charge in [-0.3, -0.25) is 38.1 Å². The molecule has 0 aliphatic heterocycles. The summed E-state index contributed by atoms with van der Waals surface area (Å²) in [6.45, 7) is 18.2. The van der Waals surface area contributed by atoms with Gasteiger partial charge in [0.05, 0.1) is 68.1 Å². The predicted octanol–water partition coefficient (Wildman–Crippen LogP) is 31.5. The van der Waals surface area contributed by atoms with Crippen molar-refractivity contribution in [2.45, 2.75) is 52.7 Å². The molecule has 0 radical (unpaired) electrons. The number of carboxylic acid groups (broad SMARTS) is 2. The number of nitrogens with zero attached hydrogens (tertiary/aromatic N) is 11. The number of aromatic carboxylic acids is 1. The van der Waals surface area contributed by atoms with Crippen LogP contribution in [0.3, 0.4) is 0 Å². The normalized spacial score (nSPS) is 11.5. The number of aliphatic carboxylic acids is 1. The van der Waals surface area contributed by atoms with Gasteiger partial charge < -0.3 is 37.8 Å². The topological polar surface area (TPSA) is 349 Å². The van der Waals surface area contributed by atoms with Crippen LogP contribution in [0, 0.1) is 0 Å². The fourth-order valence-corrected chi connectivity index (χ4v) is 19.1. The second-order valence-electron chi connectivity index (χ2n) is 33.0. The summed E-state index contributed by atoms with van der Waals surface area (Å²) in [7, 11) is 0. The number of rotatable bonds is 20. The summed E-state index contributed by atoms with van der Waals surface area (Å²) < 4.78 is 37.4. The molecule has 11 aromatic heterocycles. The third-order valence-electron chi connectivity index (χ3n) is 21.1. The van der Waals surface area contributed by atoms with Crippen LogP contribution < -0.4 is 0 Å². The molecule has 0 saturated heterocycles. The number of esters is 2. The van der Waals surface area contributed by atoms with Crippen LogP contribution >= 0.6 is 162 Å². The van der Waals surface area contributed by atoms with E-state index in [-0.39, 0.29) is 135 Å². The highest BCUT2D eigenvalue weighted by atomic mass is 35.5. The van der Waals surface area contributed by atoms with Gasteiger partial charge in [-0.2, -0.15) is 0 Å². The Kier molecular flexibility index (Phi) is 32.6. The molecule has 730 valence electrons. The molecule has 2 N–H and O–H groups in total. The standard InChI is InChI=1S/C32H24Cl3N3O4.C30H21Cl4N3O4.C28H16Cl3N3O4.C15H6Cl4N2O3/c1-5-21-11-9-19(17-36-21)30-28(29(37-42-30)27-23(34)15-20(33)16-24(27)35)31(40)38-14-13-22-18(7-6-8-25(22)38)10-12-26(39)41-32(2,3)4;1-30(2,3)40-24(38)10-8-16-5-4-6-22-19(16)11-12-37(22)29(39)26-27(25-20(32)13-18(31)14-21(25)33)36-41-28(26)17-7-9-23(34)35-15-17;1-2-18-8-6-16(14-32-18)27-25(26(33-38-27)24-20(30)12-17(29)13-21(24)31)28(37)34-11-10-19-15(7-9-23(35)36)4-3-5-22(19)34;16-7-3-8(17)11(9(18)4-7)13-12(15(22)23)14(24-21-13)6-1-2-10(19)20-5-6/h5-17H,1H2,2-4H3;4-15H,1-3H3;2-14H,1H2,(H,35,36);1-5H,(H,22,23)/b12-10+;10-8+;9-7+;. The first-order chi connectivity index (χ1) is 69.0. The van der Waals surface area contributed by atoms with Crippen molar-refractivity contribution in [3.8, 4) is 90.3 Å². The van der Waals surface area contributed by atoms with Crippen LogP contribution in [0.25, 0.3) is 153 Å². The van der Waals surface area contributed by atoms with Gasteiger partial charge in [-0.25, -0.2) is 29.1 Å². The van der Waals surface area contributed by atoms with Crippen LogP contribution in [0.2, 0.25) is 70.6 Å². The molecule has 0 aliphatic rings. The molecule has 0 spiro atoms. The quantitative estimate of drug-likeness (QED) is 0.0406. The number of carboxylic acids is 2. The van der Waals surface area contributed by atoms with Gasteiger partial charge in [0, 0.05) is 142 Å². The van der Waals surface area contributed by atoms with E-state index in [2.05, 4.69) is 53.7 Å². The van der Waals surface area contributed by atoms with Crippen molar-refractivity contribution in [3.05, 3.63) is 366 Å². The summed E-state index contributed by atoms with van der Waals surface area (Å²) >= 11 is 87.4. The molecular formula is C105H67Cl14N11O15. The molecule has 18 rings (SSSR count). The third kappa shape index (κ3) is 23.8. The summed E-state index contributed by atoms with van der Waals surface area (Å²) in [6.07, 6.45) is 22.6. The molecule has 0 unspecified atom stereocenters. The molecule has 26 nitrogen and oxygen atoms in total. The van der Waals surface area contributed by atoms with Crippen molar-refractivity contribution in [3.63, 3.8) is 0 Å². The van der Waals surface area contributed by atoms with Crippen molar-refractivity contribution in [2.24, 2.45) is 0 Å². The van der Waals surface area contributed by atoms with Crippen LogP contribution in [-0.4, -0.2) is 117 Å². The van der Waals surface area contributed by atoms with Crippen LogP contribution in [0.15, 0.2) is 263 Å². The molecule has 18 aromatic rings. The number of pyridine rings is 4. The smallest absolute Gasteiger partial charge is 0.342 e. The number of aromatic nitrogens is 11. The molecule has 40 heteroatoms. The van der Waals surface area contributed by atoms with Gasteiger partial charge in [-0.1, -0.05) is 233 Å². The highest BCUT2D eigenvalue weighted by Crippen LogP contribution is 2.48. The fourth-order valence-electron chi connectivity index (χ4n) is 14.9. The average molecular weight is 2220 g/mol. The molecule has 0 aliphatic carbocycles. The lowest BCUT2D eigenvalue weighted by atomic mass is 10.0. The summed E-state index contributed by atoms with van der Waals surface area (Å²) in [5.41, 5.74) is 7.41. The minimum absolute atomic E-state index is 0.000818. The summed E-state index contributed by atoms with van der Waals surface area (Å²) in [5, 5.41) is 40.5. The lowest BCUT2D eigenvalue weighted by Gasteiger charge is -2.17. The van der Waals surface area contributed by atoms with Gasteiger partial charge in [0.25, 0.3) is 17.7 Å². The Bertz CT molecular complexity index is 8220. The molecule has 145 heavy (non-hydrogen) atoms. The minimum atomic E-state index is -1.25. The van der Waals surface area contributed by atoms with Crippen molar-refractivity contribution < 1.29 is 71.3 Å². The van der Waals surface area contributed by atoms with E-state index in [1.54, 1.807) is 200 Å². The van der Waals surface area contributed by atoms with Gasteiger partial charge in [0.1, 0.15) is 66.5 Å². The minimum Gasteiger partial charge on any atom is -0.478 e. The van der Waals surface area contributed by atoms with Gasteiger partial charge >= 0.3 is 23.9 Å². The Balaban J connectivity index is 0.000000148. The first-order valence-electron chi connectivity index (χ1n) is 42.5. The fraction of sp³-hybridized carbons (Fsp3) is 0.0762. The number of ether oxygens (including phenoxy) is 2. The maximum absolute atomic E-state index is 14.3. The second-order valence-corrected chi connectivity index (χ2v) is 38.8. The number of hydrogen-bond acceptors (Lipinski definition) is 21. The van der Waals surface area contributed by atoms with Gasteiger partial charge in [0.15, 0.2) is 23.0 Å². The molecule has 0 atom stereocenters. The molecule has 7 aromatic carbocycles. The Morgan fingerprint density at radius 2 is 0.600 bits per heavy atom. The molecule has 0 fully saturated rings. The lowest BCUT2D eigenvalue weighted by Crippen LogP contribution is -2.22. The summed E-state index contributed by atoms with van der Waals surface area (Å²) in [5.74, 6) is -4.14. The average Bonchev–Trinajstić information content (AvgIpc) is 1.55. The lowest BCUT2D eigenvalue weighted by molar-refractivity contribution is -0.149. The Morgan fingerprint density at radius 1 is 0.338 bits per heavy atom. The van der Waals surface area contributed by atoms with E-state index in [0.29, 0.717) is 86.8 Å². The number of carbonyl (C=O) groups excluding carboxylic acids is 5. The number of halogens is 14. The Morgan fingerprint density at radius 3 is 0.841 bits per heavy atom. The zero-order chi connectivity index (χ0) is 104. The van der Waals surface area contributed by atoms with E-state index in [0.717, 1.165) is 28.0 Å². The SMILES string of the molecule is C=Cc1ccc(-c2onc(-c3c(Cl)cc(Cl)cc3Cl)c2C(=O)n2ccc3c(/C=C/C(=O)O)cccc32)cn1.C=Cc1ccc(-c2onc(-c3c(Cl)cc(Cl)cc3Cl)c2C(=O)n2ccc3c(/C=C/C(=O)OC(C)(C)C)cccc32)cn1.CC(C)(C)OC(=O)/C=C/c1cccc2c1ccn2C(=O)c1c(-c2c(Cl)cc(Cl)cc2Cl)noc1-c1ccc(Cl)nc1.O=C(O)c1c(-c2c(Cl)cc(Cl)cc2Cl)noc1-c1ccc(Cl)nc1. The van der Waals surface area contributed by atoms with Crippen molar-refractivity contribution in [2.75, 3.05) is 0 Å². The second kappa shape index (κ2) is 44.9. The molecular weight excluding hydrogens is 2150 g/mol. The van der Waals surface area contributed by atoms with Crippen LogP contribution in [0.5, 0.6) is 0 Å². The number of benzene rings is 7. The van der Waals surface area contributed by atoms with Crippen molar-refractivity contribution >= 4 is 267 Å². The van der Waals surface area contributed by atoms with Crippen LogP contribution in [0.4, 0.5) is 0 Å². The predicted molar refractivity (Wildman–Crippen MR) is 569 cm³/mol. The van der Waals surface area contributed by atoms with E-state index in [9.17, 15) is 38.7 Å². The molecule has 0 saturated carbocycles. The number of hydrogen-bond donors (Lipinski definition) is 2. The largest absolute Gasteiger partial charge is 0.478 e. The van der Waals surface area contributed by atoms with Crippen molar-refractivity contribution in [1.29, 1.82) is 0 Å². The van der Waals surface area contributed by atoms with Gasteiger partial charge in [0.2, 0.25) is 0 Å². The first-order valence-corrected chi connectivity index (χ1v) is 47.8. The molecule has 0 bridgehead atoms. The van der Waals surface area contributed by atoms with Crippen LogP contribution in [-0.2, 0) is 23.9 Å². The van der Waals surface area contributed by atoms with Gasteiger partial charge in [-0.05, 0) is 222 Å².